The minimum absolute atomic E-state index is 0.352. The molecule has 1 rings (SSSR count). The second-order valence-corrected chi connectivity index (χ2v) is 4.30. The first-order valence-corrected chi connectivity index (χ1v) is 6.08. The number of carbonyl (C=O) groups is 1. The number of carboxylic acid groups (broad SMARTS) is 1. The van der Waals surface area contributed by atoms with Crippen molar-refractivity contribution in [3.05, 3.63) is 5.82 Å². The third kappa shape index (κ3) is 3.51. The average Bonchev–Trinajstić information content (AvgIpc) is 2.76. The molecule has 6 heteroatoms. The monoisotopic (exact) mass is 240 g/mol. The van der Waals surface area contributed by atoms with Gasteiger partial charge in [-0.1, -0.05) is 20.8 Å². The van der Waals surface area contributed by atoms with Crippen LogP contribution in [-0.4, -0.2) is 31.3 Å². The Bertz CT molecular complexity index is 360. The molecular formula is C11H20N4O2. The molecular weight excluding hydrogens is 220 g/mol. The topological polar surface area (TPSA) is 80.9 Å². The molecule has 0 aliphatic rings. The molecule has 1 heterocycles. The van der Waals surface area contributed by atoms with Gasteiger partial charge in [0.1, 0.15) is 0 Å². The Morgan fingerprint density at radius 1 is 1.41 bits per heavy atom. The highest BCUT2D eigenvalue weighted by Gasteiger charge is 2.17. The second-order valence-electron chi connectivity index (χ2n) is 4.30. The fourth-order valence-electron chi connectivity index (χ4n) is 1.76. The van der Waals surface area contributed by atoms with Gasteiger partial charge in [0, 0.05) is 12.5 Å². The predicted molar refractivity (Wildman–Crippen MR) is 62.6 cm³/mol. The normalized spacial score (nSPS) is 12.9. The van der Waals surface area contributed by atoms with Gasteiger partial charge in [0.2, 0.25) is 0 Å². The summed E-state index contributed by atoms with van der Waals surface area (Å²) in [4.78, 5) is 10.7. The molecule has 0 aromatic carbocycles. The van der Waals surface area contributed by atoms with Gasteiger partial charge in [-0.3, -0.25) is 4.79 Å². The summed E-state index contributed by atoms with van der Waals surface area (Å²) in [6, 6.07) is 0. The molecule has 1 unspecified atom stereocenters. The standard InChI is InChI=1S/C11H20N4O2/c1-4-9(5-2)10-12-13-14-15(10)7-6-8(3)11(16)17/h8-9H,4-7H2,1-3H3,(H,16,17). The maximum atomic E-state index is 10.7. The van der Waals surface area contributed by atoms with Crippen molar-refractivity contribution in [2.45, 2.75) is 52.5 Å². The number of hydrogen-bond acceptors (Lipinski definition) is 4. The highest BCUT2D eigenvalue weighted by molar-refractivity contribution is 5.69. The number of aromatic nitrogens is 4. The zero-order valence-corrected chi connectivity index (χ0v) is 10.6. The van der Waals surface area contributed by atoms with Crippen LogP contribution in [0.2, 0.25) is 0 Å². The molecule has 1 aromatic heterocycles. The summed E-state index contributed by atoms with van der Waals surface area (Å²) in [5.41, 5.74) is 0. The van der Waals surface area contributed by atoms with Gasteiger partial charge in [-0.15, -0.1) is 5.10 Å². The zero-order valence-electron chi connectivity index (χ0n) is 10.6. The number of tetrazole rings is 1. The van der Waals surface area contributed by atoms with Crippen molar-refractivity contribution in [2.75, 3.05) is 0 Å². The number of rotatable bonds is 7. The van der Waals surface area contributed by atoms with Gasteiger partial charge < -0.3 is 5.11 Å². The first-order chi connectivity index (χ1) is 8.10. The lowest BCUT2D eigenvalue weighted by Crippen LogP contribution is -2.16. The van der Waals surface area contributed by atoms with Gasteiger partial charge in [0.05, 0.1) is 5.92 Å². The van der Waals surface area contributed by atoms with Crippen LogP contribution in [0.4, 0.5) is 0 Å². The Hall–Kier alpha value is -1.46. The smallest absolute Gasteiger partial charge is 0.306 e. The lowest BCUT2D eigenvalue weighted by molar-refractivity contribution is -0.141. The molecule has 6 nitrogen and oxygen atoms in total. The van der Waals surface area contributed by atoms with Crippen LogP contribution in [-0.2, 0) is 11.3 Å². The van der Waals surface area contributed by atoms with E-state index in [9.17, 15) is 4.79 Å². The van der Waals surface area contributed by atoms with E-state index in [1.54, 1.807) is 11.6 Å². The minimum atomic E-state index is -0.776. The Balaban J connectivity index is 2.66. The highest BCUT2D eigenvalue weighted by Crippen LogP contribution is 2.20. The van der Waals surface area contributed by atoms with Crippen molar-refractivity contribution in [2.24, 2.45) is 5.92 Å². The number of aryl methyl sites for hydroxylation is 1. The van der Waals surface area contributed by atoms with Crippen molar-refractivity contribution in [3.8, 4) is 0 Å². The fourth-order valence-corrected chi connectivity index (χ4v) is 1.76. The molecule has 17 heavy (non-hydrogen) atoms. The van der Waals surface area contributed by atoms with Crippen molar-refractivity contribution < 1.29 is 9.90 Å². The molecule has 0 saturated heterocycles. The molecule has 0 fully saturated rings. The largest absolute Gasteiger partial charge is 0.481 e. The molecule has 96 valence electrons. The van der Waals surface area contributed by atoms with Gasteiger partial charge in [-0.25, -0.2) is 4.68 Å². The molecule has 1 N–H and O–H groups in total. The molecule has 0 radical (unpaired) electrons. The minimum Gasteiger partial charge on any atom is -0.481 e. The number of carboxylic acids is 1. The molecule has 0 aliphatic carbocycles. The van der Waals surface area contributed by atoms with E-state index in [1.807, 2.05) is 0 Å². The third-order valence-corrected chi connectivity index (χ3v) is 3.11. The maximum Gasteiger partial charge on any atom is 0.306 e. The Kier molecular flexibility index (Phi) is 5.06. The van der Waals surface area contributed by atoms with Gasteiger partial charge in [-0.2, -0.15) is 0 Å². The van der Waals surface area contributed by atoms with Crippen LogP contribution in [0.3, 0.4) is 0 Å². The van der Waals surface area contributed by atoms with E-state index in [0.29, 0.717) is 18.9 Å². The van der Waals surface area contributed by atoms with Crippen LogP contribution in [0.15, 0.2) is 0 Å². The molecule has 0 bridgehead atoms. The summed E-state index contributed by atoms with van der Waals surface area (Å²) >= 11 is 0. The highest BCUT2D eigenvalue weighted by atomic mass is 16.4. The van der Waals surface area contributed by atoms with E-state index in [4.69, 9.17) is 5.11 Å². The van der Waals surface area contributed by atoms with Crippen molar-refractivity contribution in [3.63, 3.8) is 0 Å². The number of nitrogens with zero attached hydrogens (tertiary/aromatic N) is 4. The van der Waals surface area contributed by atoms with Crippen molar-refractivity contribution in [1.82, 2.24) is 20.2 Å². The van der Waals surface area contributed by atoms with Crippen LogP contribution < -0.4 is 0 Å². The van der Waals surface area contributed by atoms with Gasteiger partial charge in [0.15, 0.2) is 5.82 Å². The molecule has 1 atom stereocenters. The SMILES string of the molecule is CCC(CC)c1nnnn1CCC(C)C(=O)O. The third-order valence-electron chi connectivity index (χ3n) is 3.11. The Morgan fingerprint density at radius 3 is 2.59 bits per heavy atom. The first kappa shape index (κ1) is 13.6. The van der Waals surface area contributed by atoms with Crippen LogP contribution in [0.1, 0.15) is 51.8 Å². The first-order valence-electron chi connectivity index (χ1n) is 6.08. The predicted octanol–water partition coefficient (Wildman–Crippen LogP) is 1.69. The summed E-state index contributed by atoms with van der Waals surface area (Å²) in [5, 5.41) is 20.5. The Labute approximate surface area is 101 Å². The van der Waals surface area contributed by atoms with E-state index in [1.165, 1.54) is 0 Å². The van der Waals surface area contributed by atoms with Gasteiger partial charge in [0.25, 0.3) is 0 Å². The van der Waals surface area contributed by atoms with Gasteiger partial charge in [-0.05, 0) is 29.7 Å². The molecule has 0 amide bonds. The van der Waals surface area contributed by atoms with E-state index in [0.717, 1.165) is 18.7 Å². The quantitative estimate of drug-likeness (QED) is 0.784. The number of hydrogen-bond donors (Lipinski definition) is 1. The Morgan fingerprint density at radius 2 is 2.06 bits per heavy atom. The van der Waals surface area contributed by atoms with Gasteiger partial charge >= 0.3 is 5.97 Å². The summed E-state index contributed by atoms with van der Waals surface area (Å²) in [7, 11) is 0. The van der Waals surface area contributed by atoms with Crippen LogP contribution in [0, 0.1) is 5.92 Å². The summed E-state index contributed by atoms with van der Waals surface area (Å²) < 4.78 is 1.73. The molecule has 0 saturated carbocycles. The van der Waals surface area contributed by atoms with Crippen LogP contribution in [0.5, 0.6) is 0 Å². The lowest BCUT2D eigenvalue weighted by atomic mass is 10.0. The maximum absolute atomic E-state index is 10.7. The molecule has 0 spiro atoms. The lowest BCUT2D eigenvalue weighted by Gasteiger charge is -2.12. The molecule has 1 aromatic rings. The molecule has 0 aliphatic heterocycles. The van der Waals surface area contributed by atoms with Crippen molar-refractivity contribution in [1.29, 1.82) is 0 Å². The summed E-state index contributed by atoms with van der Waals surface area (Å²) in [6.45, 7) is 6.47. The van der Waals surface area contributed by atoms with E-state index in [-0.39, 0.29) is 5.92 Å². The summed E-state index contributed by atoms with van der Waals surface area (Å²) in [5.74, 6) is 0.0774. The zero-order chi connectivity index (χ0) is 12.8. The number of aliphatic carboxylic acids is 1. The van der Waals surface area contributed by atoms with Crippen LogP contribution >= 0.6 is 0 Å². The van der Waals surface area contributed by atoms with E-state index >= 15 is 0 Å². The van der Waals surface area contributed by atoms with E-state index in [2.05, 4.69) is 29.4 Å². The van der Waals surface area contributed by atoms with Crippen LogP contribution in [0.25, 0.3) is 0 Å². The average molecular weight is 240 g/mol. The second kappa shape index (κ2) is 6.32. The van der Waals surface area contributed by atoms with E-state index < -0.39 is 5.97 Å². The summed E-state index contributed by atoms with van der Waals surface area (Å²) in [6.07, 6.45) is 2.53. The fraction of sp³-hybridized carbons (Fsp3) is 0.818. The van der Waals surface area contributed by atoms with Crippen molar-refractivity contribution >= 4 is 5.97 Å².